The van der Waals surface area contributed by atoms with E-state index in [0.29, 0.717) is 0 Å². The summed E-state index contributed by atoms with van der Waals surface area (Å²) in [6, 6.07) is 0.730. The van der Waals surface area contributed by atoms with Gasteiger partial charge < -0.3 is 5.32 Å². The van der Waals surface area contributed by atoms with Crippen LogP contribution in [0.15, 0.2) is 0 Å². The molecule has 1 heterocycles. The highest BCUT2D eigenvalue weighted by molar-refractivity contribution is 6.36. The average Bonchev–Trinajstić information content (AvgIpc) is 1.69. The van der Waals surface area contributed by atoms with Gasteiger partial charge >= 0.3 is 0 Å². The molecule has 2 heteroatoms. The molecule has 0 amide bonds. The zero-order chi connectivity index (χ0) is 5.11. The van der Waals surface area contributed by atoms with Crippen LogP contribution in [-0.4, -0.2) is 19.9 Å². The van der Waals surface area contributed by atoms with Gasteiger partial charge in [0, 0.05) is 0 Å². The molecular weight excluding hydrogens is 84.9 g/mol. The standard InChI is InChI=1S/C5H11BN/c1-5-4-6-2-3-7-5/h5,7H,2-4H2,1H3. The van der Waals surface area contributed by atoms with Crippen LogP contribution >= 0.6 is 0 Å². The fourth-order valence-electron chi connectivity index (χ4n) is 0.883. The van der Waals surface area contributed by atoms with Gasteiger partial charge in [0.15, 0.2) is 0 Å². The Kier molecular flexibility index (Phi) is 1.74. The van der Waals surface area contributed by atoms with Crippen molar-refractivity contribution in [3.8, 4) is 0 Å². The summed E-state index contributed by atoms with van der Waals surface area (Å²) in [5, 5.41) is 3.35. The topological polar surface area (TPSA) is 12.0 Å². The molecule has 1 saturated heterocycles. The lowest BCUT2D eigenvalue weighted by molar-refractivity contribution is 0.588. The first-order valence-corrected chi connectivity index (χ1v) is 2.94. The molecule has 0 aromatic carbocycles. The molecule has 0 aromatic rings. The van der Waals surface area contributed by atoms with Crippen molar-refractivity contribution >= 4 is 7.28 Å². The van der Waals surface area contributed by atoms with Crippen LogP contribution in [0.5, 0.6) is 0 Å². The Hall–Kier alpha value is 0.0249. The lowest BCUT2D eigenvalue weighted by Crippen LogP contribution is -2.33. The Morgan fingerprint density at radius 3 is 2.86 bits per heavy atom. The van der Waals surface area contributed by atoms with Crippen LogP contribution in [0, 0.1) is 0 Å². The minimum atomic E-state index is 0.730. The highest BCUT2D eigenvalue weighted by Gasteiger charge is 2.05. The van der Waals surface area contributed by atoms with E-state index in [0.717, 1.165) is 6.04 Å². The van der Waals surface area contributed by atoms with E-state index in [9.17, 15) is 0 Å². The molecule has 1 radical (unpaired) electrons. The van der Waals surface area contributed by atoms with E-state index in [4.69, 9.17) is 0 Å². The quantitative estimate of drug-likeness (QED) is 0.433. The van der Waals surface area contributed by atoms with E-state index in [-0.39, 0.29) is 0 Å². The monoisotopic (exact) mass is 96.1 g/mol. The van der Waals surface area contributed by atoms with Crippen molar-refractivity contribution in [1.29, 1.82) is 0 Å². The first-order valence-electron chi connectivity index (χ1n) is 2.94. The van der Waals surface area contributed by atoms with Gasteiger partial charge in [-0.15, -0.1) is 0 Å². The van der Waals surface area contributed by atoms with E-state index in [1.54, 1.807) is 0 Å². The molecular formula is C5H11BN. The molecule has 0 aromatic heterocycles. The van der Waals surface area contributed by atoms with Crippen LogP contribution in [0.2, 0.25) is 12.6 Å². The largest absolute Gasteiger partial charge is 0.316 e. The van der Waals surface area contributed by atoms with Crippen molar-refractivity contribution < 1.29 is 0 Å². The van der Waals surface area contributed by atoms with Crippen molar-refractivity contribution in [2.24, 2.45) is 0 Å². The van der Waals surface area contributed by atoms with Crippen LogP contribution in [-0.2, 0) is 0 Å². The summed E-state index contributed by atoms with van der Waals surface area (Å²) < 4.78 is 0. The number of rotatable bonds is 0. The molecule has 0 spiro atoms. The second-order valence-electron chi connectivity index (χ2n) is 2.17. The highest BCUT2D eigenvalue weighted by Crippen LogP contribution is 1.98. The second-order valence-corrected chi connectivity index (χ2v) is 2.17. The molecule has 1 atom stereocenters. The van der Waals surface area contributed by atoms with Crippen molar-refractivity contribution in [2.75, 3.05) is 6.54 Å². The Balaban J connectivity index is 2.12. The maximum atomic E-state index is 3.35. The summed E-state index contributed by atoms with van der Waals surface area (Å²) in [5.74, 6) is 0. The van der Waals surface area contributed by atoms with Crippen molar-refractivity contribution in [2.45, 2.75) is 25.6 Å². The van der Waals surface area contributed by atoms with Gasteiger partial charge in [-0.1, -0.05) is 19.6 Å². The molecule has 0 bridgehead atoms. The molecule has 0 saturated carbocycles. The molecule has 39 valence electrons. The van der Waals surface area contributed by atoms with Gasteiger partial charge in [0.2, 0.25) is 0 Å². The van der Waals surface area contributed by atoms with Gasteiger partial charge in [0.05, 0.1) is 0 Å². The zero-order valence-electron chi connectivity index (χ0n) is 4.78. The summed E-state index contributed by atoms with van der Waals surface area (Å²) in [7, 11) is 2.35. The van der Waals surface area contributed by atoms with Gasteiger partial charge in [-0.2, -0.15) is 0 Å². The van der Waals surface area contributed by atoms with Gasteiger partial charge in [0.25, 0.3) is 0 Å². The van der Waals surface area contributed by atoms with Crippen molar-refractivity contribution in [3.63, 3.8) is 0 Å². The number of hydrogen-bond donors (Lipinski definition) is 1. The first-order chi connectivity index (χ1) is 3.39. The predicted molar refractivity (Wildman–Crippen MR) is 32.8 cm³/mol. The van der Waals surface area contributed by atoms with Crippen LogP contribution < -0.4 is 5.32 Å². The Labute approximate surface area is 45.7 Å². The summed E-state index contributed by atoms with van der Waals surface area (Å²) in [5.41, 5.74) is 0. The Bertz CT molecular complexity index is 50.0. The fraction of sp³-hybridized carbons (Fsp3) is 1.00. The minimum Gasteiger partial charge on any atom is -0.316 e. The van der Waals surface area contributed by atoms with E-state index in [2.05, 4.69) is 19.5 Å². The first kappa shape index (κ1) is 5.17. The van der Waals surface area contributed by atoms with Gasteiger partial charge in [-0.05, 0) is 12.6 Å². The third kappa shape index (κ3) is 1.52. The third-order valence-corrected chi connectivity index (χ3v) is 1.36. The van der Waals surface area contributed by atoms with Crippen LogP contribution in [0.25, 0.3) is 0 Å². The molecule has 1 unspecified atom stereocenters. The smallest absolute Gasteiger partial charge is 0.113 e. The summed E-state index contributed by atoms with van der Waals surface area (Å²) in [4.78, 5) is 0. The summed E-state index contributed by atoms with van der Waals surface area (Å²) in [6.07, 6.45) is 2.50. The lowest BCUT2D eigenvalue weighted by Gasteiger charge is -2.17. The Morgan fingerprint density at radius 2 is 2.57 bits per heavy atom. The molecule has 1 N–H and O–H groups in total. The summed E-state index contributed by atoms with van der Waals surface area (Å²) in [6.45, 7) is 3.40. The normalized spacial score (nSPS) is 31.9. The maximum Gasteiger partial charge on any atom is 0.113 e. The highest BCUT2D eigenvalue weighted by atomic mass is 14.9. The maximum absolute atomic E-state index is 3.35. The van der Waals surface area contributed by atoms with E-state index in [1.165, 1.54) is 19.2 Å². The molecule has 1 aliphatic rings. The van der Waals surface area contributed by atoms with Crippen LogP contribution in [0.4, 0.5) is 0 Å². The molecule has 1 aliphatic heterocycles. The third-order valence-electron chi connectivity index (χ3n) is 1.36. The Morgan fingerprint density at radius 1 is 1.71 bits per heavy atom. The molecule has 1 fully saturated rings. The van der Waals surface area contributed by atoms with Crippen molar-refractivity contribution in [3.05, 3.63) is 0 Å². The zero-order valence-corrected chi connectivity index (χ0v) is 4.78. The van der Waals surface area contributed by atoms with Gasteiger partial charge in [0.1, 0.15) is 7.28 Å². The average molecular weight is 96.0 g/mol. The lowest BCUT2D eigenvalue weighted by atomic mass is 9.66. The van der Waals surface area contributed by atoms with Crippen LogP contribution in [0.1, 0.15) is 6.92 Å². The van der Waals surface area contributed by atoms with Crippen molar-refractivity contribution in [1.82, 2.24) is 5.32 Å². The molecule has 1 nitrogen and oxygen atoms in total. The van der Waals surface area contributed by atoms with Gasteiger partial charge in [-0.3, -0.25) is 0 Å². The molecule has 0 aliphatic carbocycles. The van der Waals surface area contributed by atoms with E-state index in [1.807, 2.05) is 0 Å². The number of nitrogens with one attached hydrogen (secondary N) is 1. The SMILES string of the molecule is CC1C[B]CCN1. The summed E-state index contributed by atoms with van der Waals surface area (Å²) >= 11 is 0. The second kappa shape index (κ2) is 2.36. The predicted octanol–water partition coefficient (Wildman–Crippen LogP) is 0.519. The van der Waals surface area contributed by atoms with Crippen LogP contribution in [0.3, 0.4) is 0 Å². The molecule has 1 rings (SSSR count). The number of hydrogen-bond acceptors (Lipinski definition) is 1. The molecule has 7 heavy (non-hydrogen) atoms. The van der Waals surface area contributed by atoms with E-state index < -0.39 is 0 Å². The fourth-order valence-corrected chi connectivity index (χ4v) is 0.883. The minimum absolute atomic E-state index is 0.730. The van der Waals surface area contributed by atoms with Gasteiger partial charge in [-0.25, -0.2) is 0 Å². The van der Waals surface area contributed by atoms with E-state index >= 15 is 0 Å².